The van der Waals surface area contributed by atoms with Crippen molar-refractivity contribution in [1.29, 1.82) is 0 Å². The number of aryl methyl sites for hydroxylation is 1. The van der Waals surface area contributed by atoms with Crippen LogP contribution in [0.3, 0.4) is 0 Å². The van der Waals surface area contributed by atoms with Crippen LogP contribution in [0.25, 0.3) is 0 Å². The molecule has 8 heteroatoms. The second-order valence-corrected chi connectivity index (χ2v) is 4.29. The van der Waals surface area contributed by atoms with Crippen LogP contribution in [0.4, 0.5) is 5.69 Å². The number of nitrogens with zero attached hydrogens (tertiary/aromatic N) is 3. The Bertz CT molecular complexity index is 551. The second kappa shape index (κ2) is 4.71. The van der Waals surface area contributed by atoms with E-state index in [0.29, 0.717) is 6.54 Å². The first-order chi connectivity index (χ1) is 8.95. The molecule has 0 spiro atoms. The largest absolute Gasteiger partial charge is 0.396 e. The minimum absolute atomic E-state index is 0.0265. The molecule has 102 valence electrons. The maximum atomic E-state index is 12.1. The number of hydrogen-bond acceptors (Lipinski definition) is 5. The second-order valence-electron chi connectivity index (χ2n) is 4.29. The molecule has 19 heavy (non-hydrogen) atoms. The molecule has 1 atom stereocenters. The van der Waals surface area contributed by atoms with Crippen LogP contribution in [0.15, 0.2) is 6.20 Å². The van der Waals surface area contributed by atoms with E-state index in [1.807, 2.05) is 6.92 Å². The number of carbonyl (C=O) groups excluding carboxylic acids is 3. The van der Waals surface area contributed by atoms with Gasteiger partial charge in [-0.25, -0.2) is 0 Å². The summed E-state index contributed by atoms with van der Waals surface area (Å²) in [5.74, 6) is -1.23. The molecule has 1 saturated heterocycles. The standard InChI is InChI=1S/C11H15N5O3/c1-3-16-9(6(12)5-13-16)10(18)14-7-4-8(17)15(2)11(7)19/h5,7H,3-4,12H2,1-2H3,(H,14,18). The predicted octanol–water partition coefficient (Wildman–Crippen LogP) is -1.03. The summed E-state index contributed by atoms with van der Waals surface area (Å²) >= 11 is 0. The molecule has 0 aliphatic carbocycles. The highest BCUT2D eigenvalue weighted by molar-refractivity contribution is 6.08. The smallest absolute Gasteiger partial charge is 0.272 e. The van der Waals surface area contributed by atoms with Gasteiger partial charge in [0.25, 0.3) is 11.8 Å². The number of nitrogen functional groups attached to an aromatic ring is 1. The molecule has 0 radical (unpaired) electrons. The number of likely N-dealkylation sites (N-methyl/N-ethyl adjacent to an activating group) is 1. The Kier molecular flexibility index (Phi) is 3.24. The van der Waals surface area contributed by atoms with E-state index >= 15 is 0 Å². The molecule has 1 aliphatic heterocycles. The first-order valence-corrected chi connectivity index (χ1v) is 5.88. The van der Waals surface area contributed by atoms with Gasteiger partial charge in [0, 0.05) is 13.6 Å². The zero-order valence-corrected chi connectivity index (χ0v) is 10.7. The van der Waals surface area contributed by atoms with Gasteiger partial charge in [-0.05, 0) is 6.92 Å². The molecule has 1 fully saturated rings. The Balaban J connectivity index is 2.16. The van der Waals surface area contributed by atoms with Crippen LogP contribution in [0.1, 0.15) is 23.8 Å². The van der Waals surface area contributed by atoms with Gasteiger partial charge in [-0.15, -0.1) is 0 Å². The molecular formula is C11H15N5O3. The fourth-order valence-corrected chi connectivity index (χ4v) is 1.98. The maximum absolute atomic E-state index is 12.1. The van der Waals surface area contributed by atoms with Crippen molar-refractivity contribution < 1.29 is 14.4 Å². The van der Waals surface area contributed by atoms with Gasteiger partial charge in [0.05, 0.1) is 18.3 Å². The fourth-order valence-electron chi connectivity index (χ4n) is 1.98. The van der Waals surface area contributed by atoms with Crippen LogP contribution in [0.5, 0.6) is 0 Å². The number of aromatic nitrogens is 2. The summed E-state index contributed by atoms with van der Waals surface area (Å²) in [6, 6.07) is -0.829. The van der Waals surface area contributed by atoms with Crippen molar-refractivity contribution in [3.05, 3.63) is 11.9 Å². The lowest BCUT2D eigenvalue weighted by atomic mass is 10.2. The summed E-state index contributed by atoms with van der Waals surface area (Å²) in [7, 11) is 1.39. The van der Waals surface area contributed by atoms with Gasteiger partial charge in [0.1, 0.15) is 11.7 Å². The van der Waals surface area contributed by atoms with Gasteiger partial charge in [-0.1, -0.05) is 0 Å². The van der Waals surface area contributed by atoms with Crippen molar-refractivity contribution in [2.45, 2.75) is 25.9 Å². The summed E-state index contributed by atoms with van der Waals surface area (Å²) in [5.41, 5.74) is 6.12. The quantitative estimate of drug-likeness (QED) is 0.679. The number of rotatable bonds is 3. The van der Waals surface area contributed by atoms with Gasteiger partial charge in [-0.3, -0.25) is 24.0 Å². The normalized spacial score (nSPS) is 19.1. The van der Waals surface area contributed by atoms with Crippen LogP contribution in [0.2, 0.25) is 0 Å². The van der Waals surface area contributed by atoms with E-state index < -0.39 is 17.9 Å². The summed E-state index contributed by atoms with van der Waals surface area (Å²) in [6.07, 6.45) is 1.35. The van der Waals surface area contributed by atoms with E-state index in [2.05, 4.69) is 10.4 Å². The topological polar surface area (TPSA) is 110 Å². The van der Waals surface area contributed by atoms with Gasteiger partial charge in [-0.2, -0.15) is 5.10 Å². The Hall–Kier alpha value is -2.38. The third-order valence-electron chi connectivity index (χ3n) is 3.07. The molecule has 2 heterocycles. The number of hydrogen-bond donors (Lipinski definition) is 2. The van der Waals surface area contributed by atoms with E-state index in [-0.39, 0.29) is 23.7 Å². The van der Waals surface area contributed by atoms with Crippen LogP contribution in [-0.2, 0) is 16.1 Å². The minimum atomic E-state index is -0.829. The SMILES string of the molecule is CCn1ncc(N)c1C(=O)NC1CC(=O)N(C)C1=O. The van der Waals surface area contributed by atoms with E-state index in [1.54, 1.807) is 0 Å². The summed E-state index contributed by atoms with van der Waals surface area (Å²) in [4.78, 5) is 36.2. The summed E-state index contributed by atoms with van der Waals surface area (Å²) in [6.45, 7) is 2.30. The zero-order chi connectivity index (χ0) is 14.2. The molecule has 1 aliphatic rings. The molecule has 8 nitrogen and oxygen atoms in total. The number of nitrogens with two attached hydrogens (primary N) is 1. The van der Waals surface area contributed by atoms with Gasteiger partial charge >= 0.3 is 0 Å². The minimum Gasteiger partial charge on any atom is -0.396 e. The molecule has 1 unspecified atom stereocenters. The molecule has 1 aromatic rings. The average molecular weight is 265 g/mol. The number of amides is 3. The number of carbonyl (C=O) groups is 3. The van der Waals surface area contributed by atoms with Gasteiger partial charge in [0.15, 0.2) is 0 Å². The molecule has 3 N–H and O–H groups in total. The van der Waals surface area contributed by atoms with Crippen LogP contribution < -0.4 is 11.1 Å². The monoisotopic (exact) mass is 265 g/mol. The van der Waals surface area contributed by atoms with Crippen molar-refractivity contribution >= 4 is 23.4 Å². The third kappa shape index (κ3) is 2.16. The Morgan fingerprint density at radius 1 is 1.58 bits per heavy atom. The van der Waals surface area contributed by atoms with Crippen molar-refractivity contribution in [2.24, 2.45) is 0 Å². The van der Waals surface area contributed by atoms with Crippen molar-refractivity contribution in [1.82, 2.24) is 20.0 Å². The Morgan fingerprint density at radius 3 is 2.79 bits per heavy atom. The highest BCUT2D eigenvalue weighted by Gasteiger charge is 2.37. The molecule has 0 aromatic carbocycles. The van der Waals surface area contributed by atoms with Crippen LogP contribution >= 0.6 is 0 Å². The van der Waals surface area contributed by atoms with Crippen molar-refractivity contribution in [2.75, 3.05) is 12.8 Å². The zero-order valence-electron chi connectivity index (χ0n) is 10.7. The number of nitrogens with one attached hydrogen (secondary N) is 1. The number of imide groups is 1. The summed E-state index contributed by atoms with van der Waals surface area (Å²) < 4.78 is 1.44. The average Bonchev–Trinajstić information content (AvgIpc) is 2.86. The number of likely N-dealkylation sites (tertiary alicyclic amines) is 1. The lowest BCUT2D eigenvalue weighted by Gasteiger charge is -2.12. The van der Waals surface area contributed by atoms with Crippen molar-refractivity contribution in [3.63, 3.8) is 0 Å². The molecule has 0 bridgehead atoms. The predicted molar refractivity (Wildman–Crippen MR) is 66.0 cm³/mol. The number of anilines is 1. The lowest BCUT2D eigenvalue weighted by molar-refractivity contribution is -0.137. The maximum Gasteiger partial charge on any atom is 0.272 e. The highest BCUT2D eigenvalue weighted by atomic mass is 16.2. The Labute approximate surface area is 109 Å². The Morgan fingerprint density at radius 2 is 2.26 bits per heavy atom. The third-order valence-corrected chi connectivity index (χ3v) is 3.07. The van der Waals surface area contributed by atoms with Gasteiger partial charge in [0.2, 0.25) is 5.91 Å². The van der Waals surface area contributed by atoms with E-state index in [9.17, 15) is 14.4 Å². The van der Waals surface area contributed by atoms with Gasteiger partial charge < -0.3 is 11.1 Å². The van der Waals surface area contributed by atoms with Crippen LogP contribution in [0, 0.1) is 0 Å². The van der Waals surface area contributed by atoms with Crippen LogP contribution in [-0.4, -0.2) is 45.5 Å². The first kappa shape index (κ1) is 13.1. The highest BCUT2D eigenvalue weighted by Crippen LogP contribution is 2.14. The van der Waals surface area contributed by atoms with Crippen molar-refractivity contribution in [3.8, 4) is 0 Å². The van der Waals surface area contributed by atoms with E-state index in [4.69, 9.17) is 5.73 Å². The van der Waals surface area contributed by atoms with E-state index in [1.165, 1.54) is 17.9 Å². The molecular weight excluding hydrogens is 250 g/mol. The summed E-state index contributed by atoms with van der Waals surface area (Å²) in [5, 5.41) is 6.46. The molecule has 0 saturated carbocycles. The fraction of sp³-hybridized carbons (Fsp3) is 0.455. The first-order valence-electron chi connectivity index (χ1n) is 5.88. The molecule has 1 aromatic heterocycles. The molecule has 3 amide bonds. The van der Waals surface area contributed by atoms with E-state index in [0.717, 1.165) is 4.90 Å². The molecule has 2 rings (SSSR count). The lowest BCUT2D eigenvalue weighted by Crippen LogP contribution is -2.41.